The van der Waals surface area contributed by atoms with Crippen LogP contribution < -0.4 is 14.8 Å². The van der Waals surface area contributed by atoms with Gasteiger partial charge in [0.25, 0.3) is 5.91 Å². The van der Waals surface area contributed by atoms with Gasteiger partial charge in [0, 0.05) is 6.07 Å². The van der Waals surface area contributed by atoms with E-state index in [4.69, 9.17) is 14.2 Å². The maximum absolute atomic E-state index is 12.3. The van der Waals surface area contributed by atoms with Crippen LogP contribution in [-0.4, -0.2) is 32.2 Å². The maximum Gasteiger partial charge on any atom is 0.338 e. The van der Waals surface area contributed by atoms with Gasteiger partial charge in [-0.2, -0.15) is 0 Å². The number of hydrogen-bond acceptors (Lipinski definition) is 5. The summed E-state index contributed by atoms with van der Waals surface area (Å²) in [6, 6.07) is 13.5. The molecule has 0 saturated carbocycles. The van der Waals surface area contributed by atoms with Gasteiger partial charge in [0.1, 0.15) is 11.5 Å². The van der Waals surface area contributed by atoms with Gasteiger partial charge in [0.15, 0.2) is 6.10 Å². The number of anilines is 1. The average Bonchev–Trinajstić information content (AvgIpc) is 2.62. The SMILES string of the molecule is COc1ccc(OC)c(NC(=O)[C@@H](C)OC(=O)c2ccccc2)c1. The number of rotatable bonds is 6. The molecular weight excluding hydrogens is 310 g/mol. The second-order valence-corrected chi connectivity index (χ2v) is 4.97. The summed E-state index contributed by atoms with van der Waals surface area (Å²) in [7, 11) is 3.02. The normalized spacial score (nSPS) is 11.3. The molecule has 1 atom stereocenters. The van der Waals surface area contributed by atoms with Crippen molar-refractivity contribution < 1.29 is 23.8 Å². The first kappa shape index (κ1) is 17.3. The van der Waals surface area contributed by atoms with Crippen molar-refractivity contribution in [3.8, 4) is 11.5 Å². The van der Waals surface area contributed by atoms with Crippen LogP contribution in [0.2, 0.25) is 0 Å². The van der Waals surface area contributed by atoms with E-state index < -0.39 is 18.0 Å². The van der Waals surface area contributed by atoms with Gasteiger partial charge in [-0.3, -0.25) is 4.79 Å². The summed E-state index contributed by atoms with van der Waals surface area (Å²) in [5, 5.41) is 2.67. The molecule has 2 rings (SSSR count). The maximum atomic E-state index is 12.3. The smallest absolute Gasteiger partial charge is 0.338 e. The van der Waals surface area contributed by atoms with E-state index in [1.165, 1.54) is 21.1 Å². The molecule has 0 bridgehead atoms. The standard InChI is InChI=1S/C18H19NO5/c1-12(24-18(21)13-7-5-4-6-8-13)17(20)19-15-11-14(22-2)9-10-16(15)23-3/h4-12H,1-3H3,(H,19,20)/t12-/m1/s1. The number of ether oxygens (including phenoxy) is 3. The Balaban J connectivity index is 2.05. The van der Waals surface area contributed by atoms with Crippen LogP contribution in [0.15, 0.2) is 48.5 Å². The van der Waals surface area contributed by atoms with Crippen molar-refractivity contribution >= 4 is 17.6 Å². The molecule has 1 N–H and O–H groups in total. The minimum atomic E-state index is -0.964. The third-order valence-corrected chi connectivity index (χ3v) is 3.33. The van der Waals surface area contributed by atoms with Crippen LogP contribution in [0.25, 0.3) is 0 Å². The highest BCUT2D eigenvalue weighted by Gasteiger charge is 2.20. The van der Waals surface area contributed by atoms with Gasteiger partial charge in [0.05, 0.1) is 25.5 Å². The zero-order valence-electron chi connectivity index (χ0n) is 13.7. The second-order valence-electron chi connectivity index (χ2n) is 4.97. The van der Waals surface area contributed by atoms with E-state index >= 15 is 0 Å². The van der Waals surface area contributed by atoms with Gasteiger partial charge >= 0.3 is 5.97 Å². The predicted molar refractivity (Wildman–Crippen MR) is 89.5 cm³/mol. The number of methoxy groups -OCH3 is 2. The molecule has 0 aromatic heterocycles. The third kappa shape index (κ3) is 4.25. The number of amides is 1. The first-order chi connectivity index (χ1) is 11.5. The quantitative estimate of drug-likeness (QED) is 0.825. The van der Waals surface area contributed by atoms with Crippen molar-refractivity contribution in [1.29, 1.82) is 0 Å². The predicted octanol–water partition coefficient (Wildman–Crippen LogP) is 2.89. The van der Waals surface area contributed by atoms with E-state index in [0.29, 0.717) is 22.7 Å². The number of carbonyl (C=O) groups excluding carboxylic acids is 2. The van der Waals surface area contributed by atoms with E-state index in [-0.39, 0.29) is 0 Å². The first-order valence-electron chi connectivity index (χ1n) is 7.34. The Labute approximate surface area is 140 Å². The lowest BCUT2D eigenvalue weighted by Gasteiger charge is -2.16. The van der Waals surface area contributed by atoms with Crippen LogP contribution in [0, 0.1) is 0 Å². The summed E-state index contributed by atoms with van der Waals surface area (Å²) in [5.41, 5.74) is 0.820. The average molecular weight is 329 g/mol. The number of esters is 1. The lowest BCUT2D eigenvalue weighted by Crippen LogP contribution is -2.30. The van der Waals surface area contributed by atoms with Crippen molar-refractivity contribution in [3.63, 3.8) is 0 Å². The van der Waals surface area contributed by atoms with Crippen molar-refractivity contribution in [2.24, 2.45) is 0 Å². The Morgan fingerprint density at radius 2 is 1.71 bits per heavy atom. The molecule has 2 aromatic carbocycles. The summed E-state index contributed by atoms with van der Waals surface area (Å²) in [6.07, 6.45) is -0.964. The molecule has 0 fully saturated rings. The molecule has 126 valence electrons. The Bertz CT molecular complexity index is 715. The molecule has 1 amide bonds. The van der Waals surface area contributed by atoms with Gasteiger partial charge in [-0.15, -0.1) is 0 Å². The highest BCUT2D eigenvalue weighted by atomic mass is 16.5. The fourth-order valence-corrected chi connectivity index (χ4v) is 2.00. The fraction of sp³-hybridized carbons (Fsp3) is 0.222. The van der Waals surface area contributed by atoms with Gasteiger partial charge < -0.3 is 19.5 Å². The molecule has 0 aliphatic rings. The summed E-state index contributed by atoms with van der Waals surface area (Å²) in [6.45, 7) is 1.50. The van der Waals surface area contributed by atoms with Crippen LogP contribution >= 0.6 is 0 Å². The molecule has 0 unspecified atom stereocenters. The van der Waals surface area contributed by atoms with Crippen LogP contribution in [0.5, 0.6) is 11.5 Å². The minimum Gasteiger partial charge on any atom is -0.497 e. The lowest BCUT2D eigenvalue weighted by atomic mass is 10.2. The summed E-state index contributed by atoms with van der Waals surface area (Å²) in [4.78, 5) is 24.3. The molecule has 6 heteroatoms. The van der Waals surface area contributed by atoms with Gasteiger partial charge in [0.2, 0.25) is 0 Å². The number of benzene rings is 2. The first-order valence-corrected chi connectivity index (χ1v) is 7.34. The molecule has 0 aliphatic carbocycles. The van der Waals surface area contributed by atoms with E-state index in [1.807, 2.05) is 0 Å². The molecule has 2 aromatic rings. The molecule has 0 radical (unpaired) electrons. The van der Waals surface area contributed by atoms with Crippen molar-refractivity contribution in [1.82, 2.24) is 0 Å². The van der Waals surface area contributed by atoms with Crippen molar-refractivity contribution in [2.75, 3.05) is 19.5 Å². The Hall–Kier alpha value is -3.02. The molecule has 0 spiro atoms. The van der Waals surface area contributed by atoms with Gasteiger partial charge in [-0.1, -0.05) is 18.2 Å². The van der Waals surface area contributed by atoms with Crippen LogP contribution in [-0.2, 0) is 9.53 Å². The minimum absolute atomic E-state index is 0.385. The number of nitrogens with one attached hydrogen (secondary N) is 1. The molecule has 0 aliphatic heterocycles. The highest BCUT2D eigenvalue weighted by Crippen LogP contribution is 2.29. The number of carbonyl (C=O) groups is 2. The van der Waals surface area contributed by atoms with E-state index in [1.54, 1.807) is 48.5 Å². The molecule has 0 saturated heterocycles. The zero-order valence-corrected chi connectivity index (χ0v) is 13.7. The Morgan fingerprint density at radius 1 is 1.00 bits per heavy atom. The second kappa shape index (κ2) is 8.01. The lowest BCUT2D eigenvalue weighted by molar-refractivity contribution is -0.123. The largest absolute Gasteiger partial charge is 0.497 e. The third-order valence-electron chi connectivity index (χ3n) is 3.33. The highest BCUT2D eigenvalue weighted by molar-refractivity contribution is 5.98. The number of hydrogen-bond donors (Lipinski definition) is 1. The van der Waals surface area contributed by atoms with Crippen LogP contribution in [0.3, 0.4) is 0 Å². The van der Waals surface area contributed by atoms with Crippen LogP contribution in [0.1, 0.15) is 17.3 Å². The van der Waals surface area contributed by atoms with Gasteiger partial charge in [-0.25, -0.2) is 4.79 Å². The molecule has 24 heavy (non-hydrogen) atoms. The van der Waals surface area contributed by atoms with E-state index in [9.17, 15) is 9.59 Å². The Kier molecular flexibility index (Phi) is 5.78. The summed E-state index contributed by atoms with van der Waals surface area (Å²) < 4.78 is 15.5. The Morgan fingerprint density at radius 3 is 2.33 bits per heavy atom. The van der Waals surface area contributed by atoms with Gasteiger partial charge in [-0.05, 0) is 31.2 Å². The van der Waals surface area contributed by atoms with Crippen molar-refractivity contribution in [3.05, 3.63) is 54.1 Å². The summed E-state index contributed by atoms with van der Waals surface area (Å²) >= 11 is 0. The summed E-state index contributed by atoms with van der Waals surface area (Å²) in [5.74, 6) is 0.0208. The van der Waals surface area contributed by atoms with E-state index in [0.717, 1.165) is 0 Å². The zero-order chi connectivity index (χ0) is 17.5. The van der Waals surface area contributed by atoms with Crippen LogP contribution in [0.4, 0.5) is 5.69 Å². The molecule has 6 nitrogen and oxygen atoms in total. The molecule has 0 heterocycles. The monoisotopic (exact) mass is 329 g/mol. The van der Waals surface area contributed by atoms with E-state index in [2.05, 4.69) is 5.32 Å². The molecular formula is C18H19NO5. The topological polar surface area (TPSA) is 73.9 Å². The van der Waals surface area contributed by atoms with Crippen molar-refractivity contribution in [2.45, 2.75) is 13.0 Å². The fourth-order valence-electron chi connectivity index (χ4n) is 2.00.